The zero-order valence-electron chi connectivity index (χ0n) is 16.9. The number of halogens is 2. The minimum Gasteiger partial charge on any atom is -0.379 e. The Morgan fingerprint density at radius 1 is 1.07 bits per heavy atom. The molecule has 0 bridgehead atoms. The summed E-state index contributed by atoms with van der Waals surface area (Å²) in [6.45, 7) is 6.16. The lowest BCUT2D eigenvalue weighted by atomic mass is 10.1. The minimum atomic E-state index is 0. The van der Waals surface area contributed by atoms with E-state index in [1.54, 1.807) is 7.05 Å². The molecule has 7 heteroatoms. The monoisotopic (exact) mass is 528 g/mol. The van der Waals surface area contributed by atoms with Gasteiger partial charge in [0.2, 0.25) is 0 Å². The molecule has 0 amide bonds. The lowest BCUT2D eigenvalue weighted by molar-refractivity contribution is 0.0342. The summed E-state index contributed by atoms with van der Waals surface area (Å²) in [6, 6.07) is 16.7. The van der Waals surface area contributed by atoms with Crippen LogP contribution in [0, 0.1) is 0 Å². The van der Waals surface area contributed by atoms with E-state index in [-0.39, 0.29) is 24.0 Å². The molecule has 2 N–H and O–H groups in total. The van der Waals surface area contributed by atoms with Crippen molar-refractivity contribution >= 4 is 41.5 Å². The Balaban J connectivity index is 0.00000300. The molecule has 5 nitrogen and oxygen atoms in total. The van der Waals surface area contributed by atoms with Crippen LogP contribution in [0.1, 0.15) is 16.7 Å². The highest BCUT2D eigenvalue weighted by atomic mass is 127. The van der Waals surface area contributed by atoms with Crippen LogP contribution in [0.2, 0.25) is 5.02 Å². The molecule has 1 heterocycles. The van der Waals surface area contributed by atoms with Crippen LogP contribution in [0.15, 0.2) is 53.5 Å². The fraction of sp³-hybridized carbons (Fsp3) is 0.409. The van der Waals surface area contributed by atoms with Crippen LogP contribution in [0.4, 0.5) is 0 Å². The number of ether oxygens (including phenoxy) is 1. The number of rotatable bonds is 7. The fourth-order valence-corrected chi connectivity index (χ4v) is 3.51. The quantitative estimate of drug-likeness (QED) is 0.327. The van der Waals surface area contributed by atoms with E-state index in [4.69, 9.17) is 16.3 Å². The van der Waals surface area contributed by atoms with Crippen LogP contribution in [0.25, 0.3) is 0 Å². The third-order valence-corrected chi connectivity index (χ3v) is 5.20. The maximum absolute atomic E-state index is 6.22. The van der Waals surface area contributed by atoms with Crippen molar-refractivity contribution in [2.45, 2.75) is 19.5 Å². The largest absolute Gasteiger partial charge is 0.379 e. The van der Waals surface area contributed by atoms with Gasteiger partial charge in [-0.1, -0.05) is 54.1 Å². The van der Waals surface area contributed by atoms with Gasteiger partial charge in [0, 0.05) is 44.8 Å². The molecule has 1 aliphatic rings. The number of nitrogens with one attached hydrogen (secondary N) is 2. The predicted molar refractivity (Wildman–Crippen MR) is 131 cm³/mol. The molecule has 0 saturated carbocycles. The maximum Gasteiger partial charge on any atom is 0.191 e. The second-order valence-electron chi connectivity index (χ2n) is 6.90. The first-order valence-corrected chi connectivity index (χ1v) is 10.2. The average molecular weight is 529 g/mol. The van der Waals surface area contributed by atoms with Crippen LogP contribution in [-0.4, -0.2) is 50.8 Å². The Morgan fingerprint density at radius 2 is 1.83 bits per heavy atom. The zero-order chi connectivity index (χ0) is 19.6. The summed E-state index contributed by atoms with van der Waals surface area (Å²) < 4.78 is 5.43. The van der Waals surface area contributed by atoms with E-state index in [2.05, 4.69) is 50.9 Å². The van der Waals surface area contributed by atoms with Gasteiger partial charge in [0.05, 0.1) is 13.2 Å². The van der Waals surface area contributed by atoms with E-state index in [9.17, 15) is 0 Å². The second-order valence-corrected chi connectivity index (χ2v) is 7.31. The lowest BCUT2D eigenvalue weighted by Crippen LogP contribution is -2.38. The summed E-state index contributed by atoms with van der Waals surface area (Å²) in [5, 5.41) is 7.55. The molecule has 0 spiro atoms. The molecule has 1 fully saturated rings. The number of aliphatic imine (C=N–C) groups is 1. The van der Waals surface area contributed by atoms with Crippen LogP contribution < -0.4 is 10.6 Å². The molecule has 1 aliphatic heterocycles. The van der Waals surface area contributed by atoms with Gasteiger partial charge in [-0.05, 0) is 29.2 Å². The average Bonchev–Trinajstić information content (AvgIpc) is 2.73. The van der Waals surface area contributed by atoms with Gasteiger partial charge in [0.25, 0.3) is 0 Å². The molecule has 0 atom stereocenters. The molecular weight excluding hydrogens is 499 g/mol. The summed E-state index contributed by atoms with van der Waals surface area (Å²) >= 11 is 6.22. The molecule has 0 unspecified atom stereocenters. The van der Waals surface area contributed by atoms with Gasteiger partial charge >= 0.3 is 0 Å². The smallest absolute Gasteiger partial charge is 0.191 e. The van der Waals surface area contributed by atoms with Gasteiger partial charge in [-0.3, -0.25) is 9.89 Å². The SMILES string of the molecule is CN=C(NCCc1ccccc1Cl)NCc1cccc(CN2CCOCC2)c1.I. The molecular formula is C22H30ClIN4O. The third kappa shape index (κ3) is 8.12. The summed E-state index contributed by atoms with van der Waals surface area (Å²) in [4.78, 5) is 6.75. The molecule has 2 aromatic rings. The molecule has 2 aromatic carbocycles. The number of morpholine rings is 1. The van der Waals surface area contributed by atoms with E-state index in [1.165, 1.54) is 11.1 Å². The summed E-state index contributed by atoms with van der Waals surface area (Å²) in [6.07, 6.45) is 0.857. The Kier molecular flexibility index (Phi) is 10.8. The fourth-order valence-electron chi connectivity index (χ4n) is 3.28. The summed E-state index contributed by atoms with van der Waals surface area (Å²) in [5.74, 6) is 0.797. The lowest BCUT2D eigenvalue weighted by Gasteiger charge is -2.26. The van der Waals surface area contributed by atoms with Gasteiger partial charge in [-0.2, -0.15) is 0 Å². The Morgan fingerprint density at radius 3 is 2.59 bits per heavy atom. The van der Waals surface area contributed by atoms with Crippen molar-refractivity contribution < 1.29 is 4.74 Å². The molecule has 29 heavy (non-hydrogen) atoms. The molecule has 0 aliphatic carbocycles. The van der Waals surface area contributed by atoms with Gasteiger partial charge in [0.1, 0.15) is 0 Å². The van der Waals surface area contributed by atoms with Crippen LogP contribution in [0.5, 0.6) is 0 Å². The van der Waals surface area contributed by atoms with Crippen molar-refractivity contribution in [2.24, 2.45) is 4.99 Å². The van der Waals surface area contributed by atoms with Gasteiger partial charge in [0.15, 0.2) is 5.96 Å². The molecule has 3 rings (SSSR count). The first kappa shape index (κ1) is 23.9. The van der Waals surface area contributed by atoms with Crippen molar-refractivity contribution in [3.8, 4) is 0 Å². The number of nitrogens with zero attached hydrogens (tertiary/aromatic N) is 2. The Hall–Kier alpha value is -1.35. The van der Waals surface area contributed by atoms with Gasteiger partial charge in [-0.15, -0.1) is 24.0 Å². The predicted octanol–water partition coefficient (Wildman–Crippen LogP) is 3.70. The number of benzene rings is 2. The van der Waals surface area contributed by atoms with E-state index in [0.29, 0.717) is 0 Å². The van der Waals surface area contributed by atoms with Crippen molar-refractivity contribution in [3.63, 3.8) is 0 Å². The van der Waals surface area contributed by atoms with Crippen molar-refractivity contribution in [2.75, 3.05) is 39.9 Å². The number of hydrogen-bond acceptors (Lipinski definition) is 3. The van der Waals surface area contributed by atoms with Crippen LogP contribution >= 0.6 is 35.6 Å². The maximum atomic E-state index is 6.22. The molecule has 158 valence electrons. The van der Waals surface area contributed by atoms with Crippen molar-refractivity contribution in [1.29, 1.82) is 0 Å². The molecule has 1 saturated heterocycles. The highest BCUT2D eigenvalue weighted by Gasteiger charge is 2.10. The third-order valence-electron chi connectivity index (χ3n) is 4.83. The van der Waals surface area contributed by atoms with Crippen molar-refractivity contribution in [1.82, 2.24) is 15.5 Å². The first-order valence-electron chi connectivity index (χ1n) is 9.80. The van der Waals surface area contributed by atoms with Gasteiger partial charge < -0.3 is 15.4 Å². The Bertz CT molecular complexity index is 781. The normalized spacial score (nSPS) is 14.9. The summed E-state index contributed by atoms with van der Waals surface area (Å²) in [5.41, 5.74) is 3.73. The second kappa shape index (κ2) is 13.1. The number of guanidine groups is 1. The number of hydrogen-bond donors (Lipinski definition) is 2. The van der Waals surface area contributed by atoms with Crippen LogP contribution in [-0.2, 0) is 24.2 Å². The summed E-state index contributed by atoms with van der Waals surface area (Å²) in [7, 11) is 1.79. The molecule has 0 radical (unpaired) electrons. The standard InChI is InChI=1S/C22H29ClN4O.HI/c1-24-22(25-10-9-20-7-2-3-8-21(20)23)26-16-18-5-4-6-19(15-18)17-27-11-13-28-14-12-27;/h2-8,15H,9-14,16-17H2,1H3,(H2,24,25,26);1H. The minimum absolute atomic E-state index is 0. The highest BCUT2D eigenvalue weighted by molar-refractivity contribution is 14.0. The zero-order valence-corrected chi connectivity index (χ0v) is 20.0. The topological polar surface area (TPSA) is 48.9 Å². The molecule has 0 aromatic heterocycles. The first-order chi connectivity index (χ1) is 13.7. The van der Waals surface area contributed by atoms with E-state index in [0.717, 1.165) is 68.9 Å². The van der Waals surface area contributed by atoms with Gasteiger partial charge in [-0.25, -0.2) is 0 Å². The van der Waals surface area contributed by atoms with Crippen LogP contribution in [0.3, 0.4) is 0 Å². The van der Waals surface area contributed by atoms with Crippen molar-refractivity contribution in [3.05, 3.63) is 70.2 Å². The Labute approximate surface area is 195 Å². The van der Waals surface area contributed by atoms with E-state index < -0.39 is 0 Å². The van der Waals surface area contributed by atoms with E-state index in [1.807, 2.05) is 18.2 Å². The highest BCUT2D eigenvalue weighted by Crippen LogP contribution is 2.14. The van der Waals surface area contributed by atoms with E-state index >= 15 is 0 Å².